The normalized spacial score (nSPS) is 11.8. The van der Waals surface area contributed by atoms with E-state index in [0.29, 0.717) is 11.1 Å². The van der Waals surface area contributed by atoms with Crippen molar-refractivity contribution >= 4 is 20.0 Å². The number of hydrogen-bond donors (Lipinski definition) is 2. The summed E-state index contributed by atoms with van der Waals surface area (Å²) in [6.45, 7) is 0.0704. The van der Waals surface area contributed by atoms with Gasteiger partial charge in [0.1, 0.15) is 21.3 Å². The van der Waals surface area contributed by atoms with Crippen LogP contribution in [0.15, 0.2) is 82.6 Å². The van der Waals surface area contributed by atoms with Gasteiger partial charge in [-0.1, -0.05) is 48.5 Å². The average Bonchev–Trinajstić information content (AvgIpc) is 2.82. The van der Waals surface area contributed by atoms with Gasteiger partial charge in [-0.2, -0.15) is 0 Å². The van der Waals surface area contributed by atoms with E-state index in [-0.39, 0.29) is 34.4 Å². The van der Waals surface area contributed by atoms with Gasteiger partial charge >= 0.3 is 0 Å². The van der Waals surface area contributed by atoms with Crippen LogP contribution < -0.4 is 18.9 Å². The highest BCUT2D eigenvalue weighted by Gasteiger charge is 2.20. The zero-order valence-corrected chi connectivity index (χ0v) is 19.2. The summed E-state index contributed by atoms with van der Waals surface area (Å²) in [5.74, 6) is 0.499. The predicted octanol–water partition coefficient (Wildman–Crippen LogP) is 2.66. The molecule has 3 aromatic carbocycles. The molecule has 0 aliphatic rings. The first-order valence-electron chi connectivity index (χ1n) is 9.60. The fourth-order valence-corrected chi connectivity index (χ4v) is 5.42. The molecule has 0 bridgehead atoms. The number of para-hydroxylation sites is 2. The Morgan fingerprint density at radius 3 is 1.44 bits per heavy atom. The summed E-state index contributed by atoms with van der Waals surface area (Å²) in [4.78, 5) is 0.0893. The van der Waals surface area contributed by atoms with E-state index in [2.05, 4.69) is 9.44 Å². The fraction of sp³-hybridized carbons (Fsp3) is 0.182. The highest BCUT2D eigenvalue weighted by Crippen LogP contribution is 2.24. The van der Waals surface area contributed by atoms with E-state index in [1.54, 1.807) is 60.7 Å². The number of rotatable bonds is 10. The van der Waals surface area contributed by atoms with Crippen molar-refractivity contribution < 1.29 is 26.3 Å². The molecule has 0 aromatic heterocycles. The second-order valence-corrected chi connectivity index (χ2v) is 10.2. The van der Waals surface area contributed by atoms with Crippen LogP contribution in [0.25, 0.3) is 0 Å². The molecule has 8 nitrogen and oxygen atoms in total. The molecule has 0 amide bonds. The third-order valence-electron chi connectivity index (χ3n) is 4.64. The minimum atomic E-state index is -3.79. The van der Waals surface area contributed by atoms with E-state index in [4.69, 9.17) is 9.47 Å². The fourth-order valence-electron chi connectivity index (χ4n) is 3.04. The van der Waals surface area contributed by atoms with Crippen LogP contribution in [0.5, 0.6) is 11.5 Å². The van der Waals surface area contributed by atoms with Gasteiger partial charge in [-0.15, -0.1) is 0 Å². The maximum atomic E-state index is 12.6. The van der Waals surface area contributed by atoms with Gasteiger partial charge in [0, 0.05) is 13.1 Å². The van der Waals surface area contributed by atoms with E-state index in [0.717, 1.165) is 0 Å². The Hall–Kier alpha value is -2.92. The molecule has 0 radical (unpaired) electrons. The predicted molar refractivity (Wildman–Crippen MR) is 120 cm³/mol. The lowest BCUT2D eigenvalue weighted by Gasteiger charge is -2.12. The largest absolute Gasteiger partial charge is 0.495 e. The third-order valence-corrected chi connectivity index (χ3v) is 7.52. The summed E-state index contributed by atoms with van der Waals surface area (Å²) in [7, 11) is -4.77. The zero-order valence-electron chi connectivity index (χ0n) is 17.6. The summed E-state index contributed by atoms with van der Waals surface area (Å²) in [5.41, 5.74) is 1.36. The van der Waals surface area contributed by atoms with Crippen molar-refractivity contribution in [1.82, 2.24) is 9.44 Å². The molecule has 0 fully saturated rings. The topological polar surface area (TPSA) is 111 Å². The van der Waals surface area contributed by atoms with Crippen LogP contribution in [0.1, 0.15) is 11.1 Å². The number of nitrogens with one attached hydrogen (secondary N) is 2. The zero-order chi connectivity index (χ0) is 23.2. The summed E-state index contributed by atoms with van der Waals surface area (Å²) >= 11 is 0. The Balaban J connectivity index is 1.69. The van der Waals surface area contributed by atoms with Crippen molar-refractivity contribution in [2.45, 2.75) is 22.9 Å². The minimum absolute atomic E-state index is 0.0352. The molecule has 0 heterocycles. The molecule has 170 valence electrons. The summed E-state index contributed by atoms with van der Waals surface area (Å²) < 4.78 is 65.9. The number of sulfonamides is 2. The third kappa shape index (κ3) is 5.65. The molecule has 0 saturated carbocycles. The summed E-state index contributed by atoms with van der Waals surface area (Å²) in [5, 5.41) is 0. The molecule has 3 aromatic rings. The Labute approximate surface area is 188 Å². The monoisotopic (exact) mass is 476 g/mol. The van der Waals surface area contributed by atoms with E-state index in [1.165, 1.54) is 26.4 Å². The van der Waals surface area contributed by atoms with Gasteiger partial charge in [-0.05, 0) is 35.4 Å². The van der Waals surface area contributed by atoms with Crippen LogP contribution in [0.3, 0.4) is 0 Å². The van der Waals surface area contributed by atoms with Crippen LogP contribution in [0, 0.1) is 0 Å². The highest BCUT2D eigenvalue weighted by atomic mass is 32.2. The van der Waals surface area contributed by atoms with Gasteiger partial charge in [0.05, 0.1) is 14.2 Å². The molecule has 0 aliphatic carbocycles. The van der Waals surface area contributed by atoms with Crippen LogP contribution >= 0.6 is 0 Å². The standard InChI is InChI=1S/C22H24N2O6S2/c1-29-19-10-3-5-12-21(19)31(25,26)23-15-17-8-7-9-18(14-17)16-24-32(27,28)22-13-6-4-11-20(22)30-2/h3-14,23-24H,15-16H2,1-2H3. The quantitative estimate of drug-likeness (QED) is 0.465. The SMILES string of the molecule is COc1ccccc1S(=O)(=O)NCc1cccc(CNS(=O)(=O)c2ccccc2OC)c1. The summed E-state index contributed by atoms with van der Waals surface area (Å²) in [6, 6.07) is 19.7. The van der Waals surface area contributed by atoms with Crippen LogP contribution in [0.4, 0.5) is 0 Å². The van der Waals surface area contributed by atoms with Crippen molar-refractivity contribution in [3.8, 4) is 11.5 Å². The Kier molecular flexibility index (Phi) is 7.52. The Morgan fingerprint density at radius 1 is 0.625 bits per heavy atom. The first-order valence-corrected chi connectivity index (χ1v) is 12.6. The van der Waals surface area contributed by atoms with Crippen molar-refractivity contribution in [3.05, 3.63) is 83.9 Å². The molecular weight excluding hydrogens is 452 g/mol. The smallest absolute Gasteiger partial charge is 0.244 e. The van der Waals surface area contributed by atoms with Gasteiger partial charge in [0.25, 0.3) is 0 Å². The molecule has 0 unspecified atom stereocenters. The molecule has 0 saturated heterocycles. The van der Waals surface area contributed by atoms with E-state index >= 15 is 0 Å². The van der Waals surface area contributed by atoms with E-state index < -0.39 is 20.0 Å². The number of hydrogen-bond acceptors (Lipinski definition) is 6. The molecule has 0 spiro atoms. The van der Waals surface area contributed by atoms with Crippen molar-refractivity contribution in [1.29, 1.82) is 0 Å². The maximum absolute atomic E-state index is 12.6. The Morgan fingerprint density at radius 2 is 1.03 bits per heavy atom. The van der Waals surface area contributed by atoms with E-state index in [9.17, 15) is 16.8 Å². The molecule has 0 atom stereocenters. The molecule has 2 N–H and O–H groups in total. The van der Waals surface area contributed by atoms with Gasteiger partial charge < -0.3 is 9.47 Å². The molecule has 3 rings (SSSR count). The number of ether oxygens (including phenoxy) is 2. The lowest BCUT2D eigenvalue weighted by molar-refractivity contribution is 0.402. The first kappa shape index (κ1) is 23.7. The minimum Gasteiger partial charge on any atom is -0.495 e. The Bertz CT molecular complexity index is 1190. The van der Waals surface area contributed by atoms with Gasteiger partial charge in [-0.3, -0.25) is 0 Å². The van der Waals surface area contributed by atoms with Crippen molar-refractivity contribution in [3.63, 3.8) is 0 Å². The summed E-state index contributed by atoms with van der Waals surface area (Å²) in [6.07, 6.45) is 0. The number of benzene rings is 3. The average molecular weight is 477 g/mol. The van der Waals surface area contributed by atoms with E-state index in [1.807, 2.05) is 0 Å². The molecule has 32 heavy (non-hydrogen) atoms. The second-order valence-electron chi connectivity index (χ2n) is 6.77. The maximum Gasteiger partial charge on any atom is 0.244 e. The van der Waals surface area contributed by atoms with Crippen LogP contribution in [-0.2, 0) is 33.1 Å². The van der Waals surface area contributed by atoms with Crippen molar-refractivity contribution in [2.24, 2.45) is 0 Å². The number of methoxy groups -OCH3 is 2. The van der Waals surface area contributed by atoms with Crippen LogP contribution in [0.2, 0.25) is 0 Å². The van der Waals surface area contributed by atoms with Gasteiger partial charge in [0.15, 0.2) is 0 Å². The first-order chi connectivity index (χ1) is 15.3. The van der Waals surface area contributed by atoms with Gasteiger partial charge in [0.2, 0.25) is 20.0 Å². The van der Waals surface area contributed by atoms with Crippen molar-refractivity contribution in [2.75, 3.05) is 14.2 Å². The highest BCUT2D eigenvalue weighted by molar-refractivity contribution is 7.89. The molecular formula is C22H24N2O6S2. The lowest BCUT2D eigenvalue weighted by Crippen LogP contribution is -2.25. The van der Waals surface area contributed by atoms with Gasteiger partial charge in [-0.25, -0.2) is 26.3 Å². The molecule has 0 aliphatic heterocycles. The van der Waals surface area contributed by atoms with Crippen LogP contribution in [-0.4, -0.2) is 31.1 Å². The second kappa shape index (κ2) is 10.1. The lowest BCUT2D eigenvalue weighted by atomic mass is 10.1. The molecule has 10 heteroatoms.